The molecule has 3 heteroatoms. The summed E-state index contributed by atoms with van der Waals surface area (Å²) in [7, 11) is 0. The smallest absolute Gasteiger partial charge is 0.310 e. The highest BCUT2D eigenvalue weighted by atomic mass is 16.5. The van der Waals surface area contributed by atoms with E-state index in [1.54, 1.807) is 0 Å². The summed E-state index contributed by atoms with van der Waals surface area (Å²) in [5, 5.41) is 0. The van der Waals surface area contributed by atoms with Gasteiger partial charge in [-0.05, 0) is 36.8 Å². The summed E-state index contributed by atoms with van der Waals surface area (Å²) >= 11 is 0. The molecule has 0 amide bonds. The molecule has 18 heavy (non-hydrogen) atoms. The fourth-order valence-electron chi connectivity index (χ4n) is 2.52. The monoisotopic (exact) mass is 247 g/mol. The molecule has 2 rings (SSSR count). The number of hydrogen-bond donors (Lipinski definition) is 1. The summed E-state index contributed by atoms with van der Waals surface area (Å²) in [5.41, 5.74) is 7.33. The van der Waals surface area contributed by atoms with E-state index in [4.69, 9.17) is 10.5 Å². The number of para-hydroxylation sites is 1. The summed E-state index contributed by atoms with van der Waals surface area (Å²) in [4.78, 5) is 11.9. The second-order valence-corrected chi connectivity index (χ2v) is 5.17. The molecule has 0 aromatic heterocycles. The first-order valence-corrected chi connectivity index (χ1v) is 6.69. The molecule has 98 valence electrons. The van der Waals surface area contributed by atoms with Crippen LogP contribution in [0.1, 0.15) is 38.2 Å². The zero-order valence-corrected chi connectivity index (χ0v) is 10.9. The molecule has 0 bridgehead atoms. The van der Waals surface area contributed by atoms with Gasteiger partial charge in [-0.25, -0.2) is 0 Å². The Bertz CT molecular complexity index is 417. The zero-order valence-electron chi connectivity index (χ0n) is 10.9. The van der Waals surface area contributed by atoms with Crippen LogP contribution in [-0.4, -0.2) is 12.1 Å². The average molecular weight is 247 g/mol. The number of nitrogen functional groups attached to an aromatic ring is 1. The van der Waals surface area contributed by atoms with E-state index in [0.717, 1.165) is 24.8 Å². The van der Waals surface area contributed by atoms with E-state index >= 15 is 0 Å². The predicted octanol–water partition coefficient (Wildman–Crippen LogP) is 2.93. The number of carbonyl (C=O) groups excluding carboxylic acids is 1. The van der Waals surface area contributed by atoms with Crippen LogP contribution in [0.4, 0.5) is 5.69 Å². The molecule has 3 nitrogen and oxygen atoms in total. The second kappa shape index (κ2) is 5.89. The summed E-state index contributed by atoms with van der Waals surface area (Å²) in [5.74, 6) is 0.322. The normalized spacial score (nSPS) is 23.6. The molecule has 1 aliphatic rings. The van der Waals surface area contributed by atoms with E-state index in [2.05, 4.69) is 6.92 Å². The molecule has 0 aliphatic heterocycles. The van der Waals surface area contributed by atoms with Gasteiger partial charge in [-0.1, -0.05) is 31.5 Å². The number of hydrogen-bond acceptors (Lipinski definition) is 3. The van der Waals surface area contributed by atoms with Crippen LogP contribution in [0.5, 0.6) is 0 Å². The minimum Gasteiger partial charge on any atom is -0.462 e. The lowest BCUT2D eigenvalue weighted by Gasteiger charge is -2.28. The molecule has 1 aromatic rings. The molecule has 0 saturated heterocycles. The Morgan fingerprint density at radius 1 is 1.33 bits per heavy atom. The van der Waals surface area contributed by atoms with Gasteiger partial charge in [0, 0.05) is 5.69 Å². The van der Waals surface area contributed by atoms with Gasteiger partial charge in [-0.15, -0.1) is 0 Å². The Morgan fingerprint density at radius 2 is 2.06 bits per heavy atom. The van der Waals surface area contributed by atoms with Crippen molar-refractivity contribution in [2.75, 3.05) is 5.73 Å². The van der Waals surface area contributed by atoms with Crippen molar-refractivity contribution in [1.82, 2.24) is 0 Å². The van der Waals surface area contributed by atoms with Crippen LogP contribution in [0.2, 0.25) is 0 Å². The van der Waals surface area contributed by atoms with Crippen LogP contribution >= 0.6 is 0 Å². The quantitative estimate of drug-likeness (QED) is 0.660. The van der Waals surface area contributed by atoms with E-state index < -0.39 is 0 Å². The standard InChI is InChI=1S/C15H21NO2/c1-11-6-2-5-9-14(11)18-15(17)10-12-7-3-4-8-13(12)16/h3-4,7-8,11,14H,2,5-6,9-10,16H2,1H3. The Morgan fingerprint density at radius 3 is 2.78 bits per heavy atom. The highest BCUT2D eigenvalue weighted by Gasteiger charge is 2.24. The van der Waals surface area contributed by atoms with Gasteiger partial charge >= 0.3 is 5.97 Å². The van der Waals surface area contributed by atoms with Gasteiger partial charge in [-0.3, -0.25) is 4.79 Å². The van der Waals surface area contributed by atoms with Gasteiger partial charge in [0.15, 0.2) is 0 Å². The molecular formula is C15H21NO2. The maximum absolute atomic E-state index is 11.9. The van der Waals surface area contributed by atoms with Crippen LogP contribution in [-0.2, 0) is 16.0 Å². The second-order valence-electron chi connectivity index (χ2n) is 5.17. The van der Waals surface area contributed by atoms with Crippen molar-refractivity contribution >= 4 is 11.7 Å². The summed E-state index contributed by atoms with van der Waals surface area (Å²) in [6.45, 7) is 2.16. The molecule has 2 unspecified atom stereocenters. The van der Waals surface area contributed by atoms with E-state index in [1.165, 1.54) is 6.42 Å². The number of carbonyl (C=O) groups is 1. The highest BCUT2D eigenvalue weighted by Crippen LogP contribution is 2.26. The van der Waals surface area contributed by atoms with Crippen molar-refractivity contribution in [3.05, 3.63) is 29.8 Å². The predicted molar refractivity (Wildman–Crippen MR) is 72.1 cm³/mol. The SMILES string of the molecule is CC1CCCCC1OC(=O)Cc1ccccc1N. The van der Waals surface area contributed by atoms with Gasteiger partial charge < -0.3 is 10.5 Å². The van der Waals surface area contributed by atoms with Gasteiger partial charge in [0.25, 0.3) is 0 Å². The van der Waals surface area contributed by atoms with Gasteiger partial charge in [0.2, 0.25) is 0 Å². The number of rotatable bonds is 3. The number of benzene rings is 1. The molecule has 1 saturated carbocycles. The van der Waals surface area contributed by atoms with Crippen molar-refractivity contribution in [2.45, 2.75) is 45.1 Å². The first kappa shape index (κ1) is 12.9. The third-order valence-electron chi connectivity index (χ3n) is 3.71. The van der Waals surface area contributed by atoms with E-state index in [0.29, 0.717) is 11.6 Å². The van der Waals surface area contributed by atoms with E-state index in [1.807, 2.05) is 24.3 Å². The topological polar surface area (TPSA) is 52.3 Å². The van der Waals surface area contributed by atoms with Crippen LogP contribution in [0.15, 0.2) is 24.3 Å². The van der Waals surface area contributed by atoms with Gasteiger partial charge in [-0.2, -0.15) is 0 Å². The zero-order chi connectivity index (χ0) is 13.0. The maximum Gasteiger partial charge on any atom is 0.310 e. The van der Waals surface area contributed by atoms with Crippen LogP contribution < -0.4 is 5.73 Å². The van der Waals surface area contributed by atoms with Crippen LogP contribution in [0, 0.1) is 5.92 Å². The van der Waals surface area contributed by atoms with Gasteiger partial charge in [0.05, 0.1) is 6.42 Å². The lowest BCUT2D eigenvalue weighted by molar-refractivity contribution is -0.152. The molecule has 1 aromatic carbocycles. The summed E-state index contributed by atoms with van der Waals surface area (Å²) in [6, 6.07) is 7.45. The van der Waals surface area contributed by atoms with E-state index in [-0.39, 0.29) is 18.5 Å². The Labute approximate surface area is 108 Å². The Hall–Kier alpha value is -1.51. The third-order valence-corrected chi connectivity index (χ3v) is 3.71. The number of anilines is 1. The molecule has 0 radical (unpaired) electrons. The minimum atomic E-state index is -0.161. The Kier molecular flexibility index (Phi) is 4.24. The lowest BCUT2D eigenvalue weighted by atomic mass is 9.88. The molecule has 1 aliphatic carbocycles. The molecule has 0 heterocycles. The molecular weight excluding hydrogens is 226 g/mol. The van der Waals surface area contributed by atoms with Crippen molar-refractivity contribution in [1.29, 1.82) is 0 Å². The first-order chi connectivity index (χ1) is 8.66. The number of esters is 1. The highest BCUT2D eigenvalue weighted by molar-refractivity contribution is 5.75. The summed E-state index contributed by atoms with van der Waals surface area (Å²) < 4.78 is 5.57. The fraction of sp³-hybridized carbons (Fsp3) is 0.533. The maximum atomic E-state index is 11.9. The lowest BCUT2D eigenvalue weighted by Crippen LogP contribution is -2.29. The fourth-order valence-corrected chi connectivity index (χ4v) is 2.52. The van der Waals surface area contributed by atoms with Crippen LogP contribution in [0.25, 0.3) is 0 Å². The van der Waals surface area contributed by atoms with Crippen molar-refractivity contribution in [3.63, 3.8) is 0 Å². The third kappa shape index (κ3) is 3.25. The molecule has 0 spiro atoms. The largest absolute Gasteiger partial charge is 0.462 e. The average Bonchev–Trinajstić information content (AvgIpc) is 2.35. The van der Waals surface area contributed by atoms with Crippen LogP contribution in [0.3, 0.4) is 0 Å². The van der Waals surface area contributed by atoms with E-state index in [9.17, 15) is 4.79 Å². The molecule has 2 N–H and O–H groups in total. The molecule has 1 fully saturated rings. The van der Waals surface area contributed by atoms with Gasteiger partial charge in [0.1, 0.15) is 6.10 Å². The number of ether oxygens (including phenoxy) is 1. The molecule has 2 atom stereocenters. The first-order valence-electron chi connectivity index (χ1n) is 6.69. The van der Waals surface area contributed by atoms with Crippen molar-refractivity contribution < 1.29 is 9.53 Å². The Balaban J connectivity index is 1.90. The summed E-state index contributed by atoms with van der Waals surface area (Å²) in [6.07, 6.45) is 4.94. The minimum absolute atomic E-state index is 0.0937. The van der Waals surface area contributed by atoms with Crippen molar-refractivity contribution in [2.24, 2.45) is 5.92 Å². The number of nitrogens with two attached hydrogens (primary N) is 1. The van der Waals surface area contributed by atoms with Crippen molar-refractivity contribution in [3.8, 4) is 0 Å².